The number of nitrogens with zero attached hydrogens (tertiary/aromatic N) is 1. The van der Waals surface area contributed by atoms with Crippen molar-refractivity contribution in [2.45, 2.75) is 6.04 Å². The summed E-state index contributed by atoms with van der Waals surface area (Å²) in [6.45, 7) is 3.83. The molecule has 1 amide bonds. The Hall–Kier alpha value is -2.15. The summed E-state index contributed by atoms with van der Waals surface area (Å²) >= 11 is 1.72. The summed E-state index contributed by atoms with van der Waals surface area (Å²) in [5.74, 6) is 0.645. The number of thiophene rings is 1. The lowest BCUT2D eigenvalue weighted by atomic mass is 10.1. The number of carbonyl (C=O) groups is 1. The number of amides is 1. The Balaban J connectivity index is 1.61. The van der Waals surface area contributed by atoms with Crippen molar-refractivity contribution in [3.63, 3.8) is 0 Å². The van der Waals surface area contributed by atoms with E-state index in [4.69, 9.17) is 9.47 Å². The molecule has 0 spiro atoms. The summed E-state index contributed by atoms with van der Waals surface area (Å²) in [5.41, 5.74) is 0.883. The van der Waals surface area contributed by atoms with Crippen LogP contribution in [0.15, 0.2) is 47.9 Å². The molecular weight excluding hydrogens is 348 g/mol. The van der Waals surface area contributed by atoms with E-state index >= 15 is 0 Å². The summed E-state index contributed by atoms with van der Waals surface area (Å²) in [5, 5.41) is 5.11. The lowest BCUT2D eigenvalue weighted by molar-refractivity contribution is -0.116. The van der Waals surface area contributed by atoms with Gasteiger partial charge in [-0.25, -0.2) is 0 Å². The van der Waals surface area contributed by atoms with E-state index in [1.165, 1.54) is 4.88 Å². The maximum atomic E-state index is 12.3. The highest BCUT2D eigenvalue weighted by atomic mass is 32.1. The molecule has 0 aliphatic carbocycles. The number of carbonyl (C=O) groups excluding carboxylic acids is 1. The van der Waals surface area contributed by atoms with Crippen molar-refractivity contribution < 1.29 is 14.3 Å². The first-order valence-corrected chi connectivity index (χ1v) is 9.60. The normalized spacial score (nSPS) is 16.5. The molecule has 1 atom stereocenters. The third-order valence-electron chi connectivity index (χ3n) is 4.38. The van der Waals surface area contributed by atoms with Gasteiger partial charge in [-0.05, 0) is 23.6 Å². The van der Waals surface area contributed by atoms with Crippen LogP contribution in [0.25, 0.3) is 6.08 Å². The molecule has 1 aliphatic heterocycles. The number of methoxy groups -OCH3 is 1. The van der Waals surface area contributed by atoms with E-state index in [0.717, 1.165) is 37.6 Å². The number of nitrogens with one attached hydrogen (secondary N) is 1. The van der Waals surface area contributed by atoms with Crippen molar-refractivity contribution >= 4 is 23.3 Å². The van der Waals surface area contributed by atoms with Crippen molar-refractivity contribution in [1.29, 1.82) is 0 Å². The van der Waals surface area contributed by atoms with Gasteiger partial charge in [-0.2, -0.15) is 0 Å². The number of benzene rings is 1. The lowest BCUT2D eigenvalue weighted by Crippen LogP contribution is -2.43. The SMILES string of the molecule is COc1ccccc1C=CC(=O)NCC(c1cccs1)N1CCOCC1. The highest BCUT2D eigenvalue weighted by molar-refractivity contribution is 7.10. The molecule has 1 N–H and O–H groups in total. The Morgan fingerprint density at radius 2 is 2.12 bits per heavy atom. The summed E-state index contributed by atoms with van der Waals surface area (Å²) < 4.78 is 10.8. The third-order valence-corrected chi connectivity index (χ3v) is 5.35. The number of hydrogen-bond acceptors (Lipinski definition) is 5. The van der Waals surface area contributed by atoms with Gasteiger partial charge in [0, 0.05) is 36.2 Å². The summed E-state index contributed by atoms with van der Waals surface area (Å²) in [4.78, 5) is 15.9. The smallest absolute Gasteiger partial charge is 0.244 e. The van der Waals surface area contributed by atoms with Gasteiger partial charge in [-0.3, -0.25) is 9.69 Å². The number of rotatable bonds is 7. The van der Waals surface area contributed by atoms with Gasteiger partial charge in [-0.1, -0.05) is 24.3 Å². The van der Waals surface area contributed by atoms with Crippen molar-refractivity contribution in [2.24, 2.45) is 0 Å². The maximum absolute atomic E-state index is 12.3. The van der Waals surface area contributed by atoms with E-state index in [1.807, 2.05) is 24.3 Å². The number of para-hydroxylation sites is 1. The molecule has 0 radical (unpaired) electrons. The molecule has 3 rings (SSSR count). The van der Waals surface area contributed by atoms with E-state index < -0.39 is 0 Å². The summed E-state index contributed by atoms with van der Waals surface area (Å²) in [7, 11) is 1.63. The van der Waals surface area contributed by atoms with Crippen molar-refractivity contribution in [2.75, 3.05) is 40.0 Å². The lowest BCUT2D eigenvalue weighted by Gasteiger charge is -2.34. The second kappa shape index (κ2) is 9.52. The molecule has 6 heteroatoms. The minimum atomic E-state index is -0.106. The van der Waals surface area contributed by atoms with Crippen LogP contribution in [-0.2, 0) is 9.53 Å². The van der Waals surface area contributed by atoms with E-state index in [0.29, 0.717) is 6.54 Å². The van der Waals surface area contributed by atoms with E-state index in [-0.39, 0.29) is 11.9 Å². The first-order chi connectivity index (χ1) is 12.8. The van der Waals surface area contributed by atoms with Gasteiger partial charge in [-0.15, -0.1) is 11.3 Å². The highest BCUT2D eigenvalue weighted by Crippen LogP contribution is 2.25. The molecule has 1 unspecified atom stereocenters. The topological polar surface area (TPSA) is 50.8 Å². The van der Waals surface area contributed by atoms with Crippen LogP contribution in [0.3, 0.4) is 0 Å². The minimum Gasteiger partial charge on any atom is -0.496 e. The van der Waals surface area contributed by atoms with Crippen LogP contribution in [-0.4, -0.2) is 50.8 Å². The van der Waals surface area contributed by atoms with Crippen molar-refractivity contribution in [3.05, 3.63) is 58.3 Å². The van der Waals surface area contributed by atoms with Crippen LogP contribution in [0.5, 0.6) is 5.75 Å². The zero-order valence-electron chi connectivity index (χ0n) is 14.9. The minimum absolute atomic E-state index is 0.106. The van der Waals surface area contributed by atoms with Crippen LogP contribution >= 0.6 is 11.3 Å². The van der Waals surface area contributed by atoms with Gasteiger partial charge in [0.15, 0.2) is 0 Å². The Morgan fingerprint density at radius 1 is 1.31 bits per heavy atom. The van der Waals surface area contributed by atoms with Gasteiger partial charge in [0.1, 0.15) is 5.75 Å². The van der Waals surface area contributed by atoms with Crippen LogP contribution in [0.2, 0.25) is 0 Å². The molecule has 0 bridgehead atoms. The fourth-order valence-corrected chi connectivity index (χ4v) is 3.87. The first kappa shape index (κ1) is 18.6. The van der Waals surface area contributed by atoms with Crippen LogP contribution in [0.1, 0.15) is 16.5 Å². The predicted molar refractivity (Wildman–Crippen MR) is 104 cm³/mol. The van der Waals surface area contributed by atoms with Crippen molar-refractivity contribution in [1.82, 2.24) is 10.2 Å². The van der Waals surface area contributed by atoms with Gasteiger partial charge in [0.25, 0.3) is 0 Å². The Labute approximate surface area is 158 Å². The largest absolute Gasteiger partial charge is 0.496 e. The standard InChI is InChI=1S/C20H24N2O3S/c1-24-18-6-3-2-5-16(18)8-9-20(23)21-15-17(19-7-4-14-26-19)22-10-12-25-13-11-22/h2-9,14,17H,10-13,15H2,1H3,(H,21,23). The maximum Gasteiger partial charge on any atom is 0.244 e. The fourth-order valence-electron chi connectivity index (χ4n) is 3.01. The fraction of sp³-hybridized carbons (Fsp3) is 0.350. The molecule has 1 aromatic carbocycles. The zero-order valence-corrected chi connectivity index (χ0v) is 15.7. The molecule has 26 heavy (non-hydrogen) atoms. The average molecular weight is 372 g/mol. The second-order valence-electron chi connectivity index (χ2n) is 6.00. The van der Waals surface area contributed by atoms with Gasteiger partial charge in [0.05, 0.1) is 26.4 Å². The molecule has 2 heterocycles. The third kappa shape index (κ3) is 4.94. The molecule has 5 nitrogen and oxygen atoms in total. The number of morpholine rings is 1. The first-order valence-electron chi connectivity index (χ1n) is 8.72. The van der Waals surface area contributed by atoms with Crippen LogP contribution in [0, 0.1) is 0 Å². The van der Waals surface area contributed by atoms with Gasteiger partial charge >= 0.3 is 0 Å². The van der Waals surface area contributed by atoms with Crippen LogP contribution in [0.4, 0.5) is 0 Å². The molecule has 1 saturated heterocycles. The molecular formula is C20H24N2O3S. The summed E-state index contributed by atoms with van der Waals surface area (Å²) in [6.07, 6.45) is 3.34. The summed E-state index contributed by atoms with van der Waals surface area (Å²) in [6, 6.07) is 12.0. The van der Waals surface area contributed by atoms with E-state index in [2.05, 4.69) is 27.7 Å². The number of ether oxygens (including phenoxy) is 2. The van der Waals surface area contributed by atoms with Crippen LogP contribution < -0.4 is 10.1 Å². The van der Waals surface area contributed by atoms with Gasteiger partial charge < -0.3 is 14.8 Å². The molecule has 1 aliphatic rings. The zero-order chi connectivity index (χ0) is 18.2. The monoisotopic (exact) mass is 372 g/mol. The molecule has 2 aromatic rings. The molecule has 1 aromatic heterocycles. The quantitative estimate of drug-likeness (QED) is 0.759. The Bertz CT molecular complexity index is 724. The van der Waals surface area contributed by atoms with E-state index in [9.17, 15) is 4.79 Å². The Morgan fingerprint density at radius 3 is 2.85 bits per heavy atom. The molecule has 138 valence electrons. The van der Waals surface area contributed by atoms with Crippen molar-refractivity contribution in [3.8, 4) is 5.75 Å². The average Bonchev–Trinajstić information content (AvgIpc) is 3.22. The number of hydrogen-bond donors (Lipinski definition) is 1. The van der Waals surface area contributed by atoms with E-state index in [1.54, 1.807) is 30.6 Å². The highest BCUT2D eigenvalue weighted by Gasteiger charge is 2.23. The predicted octanol–water partition coefficient (Wildman–Crippen LogP) is 2.96. The van der Waals surface area contributed by atoms with Gasteiger partial charge in [0.2, 0.25) is 5.91 Å². The molecule has 0 saturated carbocycles. The molecule has 1 fully saturated rings. The Kier molecular flexibility index (Phi) is 6.82. The second-order valence-corrected chi connectivity index (χ2v) is 6.98.